The number of hydrogen-bond donors (Lipinski definition) is 0. The molecule has 21 heavy (non-hydrogen) atoms. The van der Waals surface area contributed by atoms with Gasteiger partial charge in [-0.05, 0) is 37.7 Å². The second kappa shape index (κ2) is 6.02. The molecular formula is C18H19N3. The van der Waals surface area contributed by atoms with Crippen LogP contribution < -0.4 is 0 Å². The molecule has 3 heteroatoms. The Labute approximate surface area is 125 Å². The summed E-state index contributed by atoms with van der Waals surface area (Å²) in [6.07, 6.45) is 3.73. The summed E-state index contributed by atoms with van der Waals surface area (Å²) >= 11 is 0. The van der Waals surface area contributed by atoms with E-state index in [9.17, 15) is 0 Å². The zero-order valence-corrected chi connectivity index (χ0v) is 12.4. The van der Waals surface area contributed by atoms with E-state index in [1.54, 1.807) is 6.20 Å². The molecule has 0 amide bonds. The third kappa shape index (κ3) is 3.09. The fourth-order valence-corrected chi connectivity index (χ4v) is 2.47. The smallest absolute Gasteiger partial charge is 0.0705 e. The summed E-state index contributed by atoms with van der Waals surface area (Å²) in [6, 6.07) is 16.9. The van der Waals surface area contributed by atoms with Crippen molar-refractivity contribution in [2.24, 2.45) is 0 Å². The standard InChI is InChI=1S/C18H19N3/c1-14(16-7-5-11-19-12-16)21(2)13-17-10-9-15-6-3-4-8-18(15)20-17/h3-12,14H,13H2,1-2H3. The molecule has 0 N–H and O–H groups in total. The van der Waals surface area contributed by atoms with E-state index in [1.165, 1.54) is 10.9 Å². The first-order valence-corrected chi connectivity index (χ1v) is 7.19. The van der Waals surface area contributed by atoms with E-state index < -0.39 is 0 Å². The van der Waals surface area contributed by atoms with Crippen molar-refractivity contribution in [2.75, 3.05) is 7.05 Å². The highest BCUT2D eigenvalue weighted by molar-refractivity contribution is 5.78. The molecule has 0 spiro atoms. The van der Waals surface area contributed by atoms with Gasteiger partial charge >= 0.3 is 0 Å². The number of fused-ring (bicyclic) bond motifs is 1. The predicted molar refractivity (Wildman–Crippen MR) is 85.9 cm³/mol. The number of rotatable bonds is 4. The minimum absolute atomic E-state index is 0.312. The number of hydrogen-bond acceptors (Lipinski definition) is 3. The number of aromatic nitrogens is 2. The summed E-state index contributed by atoms with van der Waals surface area (Å²) in [5.74, 6) is 0. The zero-order chi connectivity index (χ0) is 14.7. The van der Waals surface area contributed by atoms with Crippen LogP contribution in [0, 0.1) is 0 Å². The van der Waals surface area contributed by atoms with Crippen LogP contribution in [-0.2, 0) is 6.54 Å². The van der Waals surface area contributed by atoms with Crippen LogP contribution >= 0.6 is 0 Å². The minimum atomic E-state index is 0.312. The molecule has 0 aliphatic heterocycles. The van der Waals surface area contributed by atoms with Crippen LogP contribution in [0.4, 0.5) is 0 Å². The molecular weight excluding hydrogens is 258 g/mol. The summed E-state index contributed by atoms with van der Waals surface area (Å²) < 4.78 is 0. The Kier molecular flexibility index (Phi) is 3.93. The van der Waals surface area contributed by atoms with Crippen LogP contribution in [0.3, 0.4) is 0 Å². The fraction of sp³-hybridized carbons (Fsp3) is 0.222. The van der Waals surface area contributed by atoms with Crippen molar-refractivity contribution < 1.29 is 0 Å². The number of nitrogens with zero attached hydrogens (tertiary/aromatic N) is 3. The molecule has 3 rings (SSSR count). The van der Waals surface area contributed by atoms with E-state index >= 15 is 0 Å². The average Bonchev–Trinajstić information content (AvgIpc) is 2.55. The molecule has 0 radical (unpaired) electrons. The first-order valence-electron chi connectivity index (χ1n) is 7.19. The molecule has 0 aliphatic rings. The molecule has 2 aromatic heterocycles. The van der Waals surface area contributed by atoms with Gasteiger partial charge in [-0.3, -0.25) is 14.9 Å². The molecule has 3 aromatic rings. The molecule has 0 fully saturated rings. The SMILES string of the molecule is CC(c1cccnc1)N(C)Cc1ccc2ccccc2n1. The van der Waals surface area contributed by atoms with Crippen molar-refractivity contribution >= 4 is 10.9 Å². The third-order valence-corrected chi connectivity index (χ3v) is 3.90. The monoisotopic (exact) mass is 277 g/mol. The lowest BCUT2D eigenvalue weighted by atomic mass is 10.1. The number of benzene rings is 1. The van der Waals surface area contributed by atoms with E-state index in [0.29, 0.717) is 6.04 Å². The van der Waals surface area contributed by atoms with Crippen LogP contribution in [0.15, 0.2) is 60.9 Å². The summed E-state index contributed by atoms with van der Waals surface area (Å²) in [6.45, 7) is 3.01. The Hall–Kier alpha value is -2.26. The first-order chi connectivity index (χ1) is 10.2. The van der Waals surface area contributed by atoms with E-state index in [2.05, 4.69) is 54.2 Å². The van der Waals surface area contributed by atoms with Crippen molar-refractivity contribution in [2.45, 2.75) is 19.5 Å². The maximum Gasteiger partial charge on any atom is 0.0705 e. The van der Waals surface area contributed by atoms with E-state index in [-0.39, 0.29) is 0 Å². The topological polar surface area (TPSA) is 29.0 Å². The summed E-state index contributed by atoms with van der Waals surface area (Å²) in [5.41, 5.74) is 3.37. The maximum atomic E-state index is 4.73. The highest BCUT2D eigenvalue weighted by atomic mass is 15.1. The van der Waals surface area contributed by atoms with Gasteiger partial charge in [0.2, 0.25) is 0 Å². The lowest BCUT2D eigenvalue weighted by Crippen LogP contribution is -2.22. The van der Waals surface area contributed by atoms with E-state index in [1.807, 2.05) is 24.4 Å². The minimum Gasteiger partial charge on any atom is -0.294 e. The van der Waals surface area contributed by atoms with Gasteiger partial charge in [0.15, 0.2) is 0 Å². The molecule has 1 unspecified atom stereocenters. The predicted octanol–water partition coefficient (Wildman–Crippen LogP) is 3.82. The highest BCUT2D eigenvalue weighted by Crippen LogP contribution is 2.20. The van der Waals surface area contributed by atoms with Crippen LogP contribution in [0.1, 0.15) is 24.2 Å². The highest BCUT2D eigenvalue weighted by Gasteiger charge is 2.12. The summed E-state index contributed by atoms with van der Waals surface area (Å²) in [5, 5.41) is 1.18. The van der Waals surface area contributed by atoms with Crippen molar-refractivity contribution in [1.29, 1.82) is 0 Å². The van der Waals surface area contributed by atoms with Gasteiger partial charge < -0.3 is 0 Å². The van der Waals surface area contributed by atoms with Gasteiger partial charge in [0.05, 0.1) is 11.2 Å². The molecule has 106 valence electrons. The van der Waals surface area contributed by atoms with Gasteiger partial charge in [-0.15, -0.1) is 0 Å². The summed E-state index contributed by atoms with van der Waals surface area (Å²) in [7, 11) is 2.12. The zero-order valence-electron chi connectivity index (χ0n) is 12.4. The van der Waals surface area contributed by atoms with E-state index in [0.717, 1.165) is 17.8 Å². The molecule has 0 bridgehead atoms. The average molecular weight is 277 g/mol. The molecule has 3 nitrogen and oxygen atoms in total. The third-order valence-electron chi connectivity index (χ3n) is 3.90. The van der Waals surface area contributed by atoms with Crippen LogP contribution in [-0.4, -0.2) is 21.9 Å². The van der Waals surface area contributed by atoms with Crippen LogP contribution in [0.5, 0.6) is 0 Å². The number of pyridine rings is 2. The van der Waals surface area contributed by atoms with Crippen LogP contribution in [0.25, 0.3) is 10.9 Å². The summed E-state index contributed by atoms with van der Waals surface area (Å²) in [4.78, 5) is 11.2. The first kappa shape index (κ1) is 13.7. The molecule has 0 saturated carbocycles. The Balaban J connectivity index is 1.78. The van der Waals surface area contributed by atoms with E-state index in [4.69, 9.17) is 4.98 Å². The Bertz CT molecular complexity index is 725. The normalized spacial score (nSPS) is 12.7. The van der Waals surface area contributed by atoms with Gasteiger partial charge in [-0.1, -0.05) is 30.3 Å². The maximum absolute atomic E-state index is 4.73. The second-order valence-electron chi connectivity index (χ2n) is 5.37. The lowest BCUT2D eigenvalue weighted by molar-refractivity contribution is 0.250. The fourth-order valence-electron chi connectivity index (χ4n) is 2.47. The van der Waals surface area contributed by atoms with Crippen molar-refractivity contribution in [3.05, 3.63) is 72.2 Å². The molecule has 2 heterocycles. The Morgan fingerprint density at radius 3 is 2.71 bits per heavy atom. The molecule has 1 atom stereocenters. The lowest BCUT2D eigenvalue weighted by Gasteiger charge is -2.24. The van der Waals surface area contributed by atoms with Crippen LogP contribution in [0.2, 0.25) is 0 Å². The number of para-hydroxylation sites is 1. The molecule has 1 aromatic carbocycles. The Morgan fingerprint density at radius 1 is 1.05 bits per heavy atom. The van der Waals surface area contributed by atoms with Crippen molar-refractivity contribution in [1.82, 2.24) is 14.9 Å². The van der Waals surface area contributed by atoms with Gasteiger partial charge in [0.25, 0.3) is 0 Å². The van der Waals surface area contributed by atoms with Gasteiger partial charge in [0, 0.05) is 30.4 Å². The van der Waals surface area contributed by atoms with Crippen molar-refractivity contribution in [3.8, 4) is 0 Å². The molecule has 0 saturated heterocycles. The molecule has 0 aliphatic carbocycles. The second-order valence-corrected chi connectivity index (χ2v) is 5.37. The van der Waals surface area contributed by atoms with Gasteiger partial charge in [0.1, 0.15) is 0 Å². The Morgan fingerprint density at radius 2 is 1.90 bits per heavy atom. The van der Waals surface area contributed by atoms with Crippen molar-refractivity contribution in [3.63, 3.8) is 0 Å². The largest absolute Gasteiger partial charge is 0.294 e. The van der Waals surface area contributed by atoms with Gasteiger partial charge in [-0.2, -0.15) is 0 Å². The van der Waals surface area contributed by atoms with Gasteiger partial charge in [-0.25, -0.2) is 0 Å². The quantitative estimate of drug-likeness (QED) is 0.726.